The fraction of sp³-hybridized carbons (Fsp3) is 0.353. The fourth-order valence-corrected chi connectivity index (χ4v) is 2.21. The van der Waals surface area contributed by atoms with Crippen molar-refractivity contribution < 1.29 is 9.53 Å². The number of nitrogens with zero attached hydrogens (tertiary/aromatic N) is 3. The lowest BCUT2D eigenvalue weighted by Gasteiger charge is -2.12. The first-order valence-electron chi connectivity index (χ1n) is 7.77. The van der Waals surface area contributed by atoms with Gasteiger partial charge in [-0.25, -0.2) is 9.97 Å². The molecule has 0 saturated heterocycles. The van der Waals surface area contributed by atoms with Crippen LogP contribution in [-0.2, 0) is 0 Å². The lowest BCUT2D eigenvalue weighted by atomic mass is 10.2. The maximum atomic E-state index is 12.0. The van der Waals surface area contributed by atoms with E-state index in [0.29, 0.717) is 34.5 Å². The predicted octanol–water partition coefficient (Wildman–Crippen LogP) is 2.48. The number of aromatic nitrogens is 2. The van der Waals surface area contributed by atoms with Crippen LogP contribution in [0.3, 0.4) is 0 Å². The van der Waals surface area contributed by atoms with Gasteiger partial charge in [-0.1, -0.05) is 11.6 Å². The van der Waals surface area contributed by atoms with Crippen LogP contribution in [0.1, 0.15) is 15.9 Å². The zero-order valence-corrected chi connectivity index (χ0v) is 15.5. The molecule has 0 aliphatic heterocycles. The van der Waals surface area contributed by atoms with E-state index in [-0.39, 0.29) is 5.91 Å². The van der Waals surface area contributed by atoms with Crippen LogP contribution < -0.4 is 15.4 Å². The first kappa shape index (κ1) is 19.0. The van der Waals surface area contributed by atoms with E-state index in [4.69, 9.17) is 16.3 Å². The lowest BCUT2D eigenvalue weighted by Crippen LogP contribution is -2.31. The summed E-state index contributed by atoms with van der Waals surface area (Å²) in [5.74, 6) is 0.753. The van der Waals surface area contributed by atoms with Crippen molar-refractivity contribution in [2.75, 3.05) is 39.6 Å². The van der Waals surface area contributed by atoms with Gasteiger partial charge in [-0.3, -0.25) is 4.79 Å². The summed E-state index contributed by atoms with van der Waals surface area (Å²) in [6.45, 7) is 3.23. The number of methoxy groups -OCH3 is 1. The Labute approximate surface area is 152 Å². The van der Waals surface area contributed by atoms with Gasteiger partial charge in [0.1, 0.15) is 5.75 Å². The predicted molar refractivity (Wildman–Crippen MR) is 98.9 cm³/mol. The van der Waals surface area contributed by atoms with Crippen LogP contribution >= 0.6 is 11.6 Å². The number of halogens is 1. The second-order valence-corrected chi connectivity index (χ2v) is 6.19. The van der Waals surface area contributed by atoms with Crippen molar-refractivity contribution in [2.45, 2.75) is 6.92 Å². The summed E-state index contributed by atoms with van der Waals surface area (Å²) in [4.78, 5) is 22.4. The van der Waals surface area contributed by atoms with E-state index in [0.717, 1.165) is 12.1 Å². The molecule has 0 unspecified atom stereocenters. The molecule has 134 valence electrons. The summed E-state index contributed by atoms with van der Waals surface area (Å²) in [5, 5.41) is 6.51. The second kappa shape index (κ2) is 8.64. The Morgan fingerprint density at radius 1 is 1.28 bits per heavy atom. The number of carbonyl (C=O) groups excluding carboxylic acids is 1. The van der Waals surface area contributed by atoms with Gasteiger partial charge >= 0.3 is 0 Å². The third-order valence-corrected chi connectivity index (χ3v) is 3.89. The van der Waals surface area contributed by atoms with Gasteiger partial charge < -0.3 is 20.3 Å². The highest BCUT2D eigenvalue weighted by Crippen LogP contribution is 2.32. The monoisotopic (exact) mass is 363 g/mol. The Hall–Kier alpha value is -2.38. The number of nitrogens with one attached hydrogen (secondary N) is 2. The Bertz CT molecular complexity index is 735. The number of benzene rings is 1. The molecule has 8 heteroatoms. The number of amides is 1. The second-order valence-electron chi connectivity index (χ2n) is 5.78. The molecule has 0 radical (unpaired) electrons. The van der Waals surface area contributed by atoms with Gasteiger partial charge in [0.2, 0.25) is 5.95 Å². The number of rotatable bonds is 7. The molecule has 1 aromatic heterocycles. The van der Waals surface area contributed by atoms with Crippen LogP contribution in [0.2, 0.25) is 5.02 Å². The molecule has 25 heavy (non-hydrogen) atoms. The molecule has 7 nitrogen and oxygen atoms in total. The molecular weight excluding hydrogens is 342 g/mol. The quantitative estimate of drug-likeness (QED) is 0.786. The Morgan fingerprint density at radius 3 is 2.56 bits per heavy atom. The molecular formula is C17H22ClN5O2. The number of anilines is 2. The first-order valence-corrected chi connectivity index (χ1v) is 8.14. The van der Waals surface area contributed by atoms with E-state index < -0.39 is 0 Å². The summed E-state index contributed by atoms with van der Waals surface area (Å²) in [7, 11) is 5.46. The molecule has 0 aliphatic rings. The van der Waals surface area contributed by atoms with Gasteiger partial charge in [0.25, 0.3) is 5.91 Å². The lowest BCUT2D eigenvalue weighted by molar-refractivity contribution is 0.0950. The van der Waals surface area contributed by atoms with Gasteiger partial charge in [0.15, 0.2) is 0 Å². The molecule has 0 saturated carbocycles. The SMILES string of the molecule is COc1cc(Cl)c(C)cc1Nc1ncc(C(=O)NCCN(C)C)cn1. The van der Waals surface area contributed by atoms with Crippen molar-refractivity contribution in [2.24, 2.45) is 0 Å². The molecule has 1 heterocycles. The average molecular weight is 364 g/mol. The molecule has 0 aliphatic carbocycles. The Kier molecular flexibility index (Phi) is 6.55. The first-order chi connectivity index (χ1) is 11.9. The highest BCUT2D eigenvalue weighted by atomic mass is 35.5. The van der Waals surface area contributed by atoms with Crippen LogP contribution in [0.15, 0.2) is 24.5 Å². The summed E-state index contributed by atoms with van der Waals surface area (Å²) in [6, 6.07) is 3.58. The number of aryl methyl sites for hydroxylation is 1. The molecule has 0 atom stereocenters. The molecule has 2 rings (SSSR count). The van der Waals surface area contributed by atoms with Crippen LogP contribution in [0, 0.1) is 6.92 Å². The number of hydrogen-bond acceptors (Lipinski definition) is 6. The minimum Gasteiger partial charge on any atom is -0.495 e. The molecule has 2 aromatic rings. The van der Waals surface area contributed by atoms with Crippen molar-refractivity contribution in [1.29, 1.82) is 0 Å². The average Bonchev–Trinajstić information content (AvgIpc) is 2.58. The third kappa shape index (κ3) is 5.30. The summed E-state index contributed by atoms with van der Waals surface area (Å²) in [5.41, 5.74) is 2.01. The Morgan fingerprint density at radius 2 is 1.96 bits per heavy atom. The van der Waals surface area contributed by atoms with Crippen molar-refractivity contribution in [3.8, 4) is 5.75 Å². The van der Waals surface area contributed by atoms with Gasteiger partial charge in [0.05, 0.1) is 18.4 Å². The molecule has 2 N–H and O–H groups in total. The van der Waals surface area contributed by atoms with Crippen LogP contribution in [0.5, 0.6) is 5.75 Å². The number of likely N-dealkylation sites (N-methyl/N-ethyl adjacent to an activating group) is 1. The maximum absolute atomic E-state index is 12.0. The summed E-state index contributed by atoms with van der Waals surface area (Å²) >= 11 is 6.10. The number of carbonyl (C=O) groups is 1. The molecule has 0 spiro atoms. The van der Waals surface area contributed by atoms with Crippen molar-refractivity contribution in [3.05, 3.63) is 40.7 Å². The molecule has 1 amide bonds. The third-order valence-electron chi connectivity index (χ3n) is 3.49. The van der Waals surface area contributed by atoms with Crippen LogP contribution in [0.4, 0.5) is 11.6 Å². The number of hydrogen-bond donors (Lipinski definition) is 2. The maximum Gasteiger partial charge on any atom is 0.254 e. The van der Waals surface area contributed by atoms with Gasteiger partial charge in [-0.2, -0.15) is 0 Å². The molecule has 0 fully saturated rings. The fourth-order valence-electron chi connectivity index (χ4n) is 2.06. The van der Waals surface area contributed by atoms with Crippen LogP contribution in [0.25, 0.3) is 0 Å². The van der Waals surface area contributed by atoms with Crippen molar-refractivity contribution in [1.82, 2.24) is 20.2 Å². The smallest absolute Gasteiger partial charge is 0.254 e. The van der Waals surface area contributed by atoms with Gasteiger partial charge in [-0.15, -0.1) is 0 Å². The van der Waals surface area contributed by atoms with E-state index in [2.05, 4.69) is 20.6 Å². The normalized spacial score (nSPS) is 10.6. The van der Waals surface area contributed by atoms with Crippen LogP contribution in [-0.4, -0.2) is 55.1 Å². The Balaban J connectivity index is 2.05. The van der Waals surface area contributed by atoms with Gasteiger partial charge in [-0.05, 0) is 32.6 Å². The number of ether oxygens (including phenoxy) is 1. The highest BCUT2D eigenvalue weighted by Gasteiger charge is 2.10. The zero-order valence-electron chi connectivity index (χ0n) is 14.8. The van der Waals surface area contributed by atoms with E-state index in [1.165, 1.54) is 12.4 Å². The van der Waals surface area contributed by atoms with Crippen molar-refractivity contribution >= 4 is 29.1 Å². The summed E-state index contributed by atoms with van der Waals surface area (Å²) < 4.78 is 5.31. The van der Waals surface area contributed by atoms with Gasteiger partial charge in [0, 0.05) is 36.6 Å². The van der Waals surface area contributed by atoms with Crippen molar-refractivity contribution in [3.63, 3.8) is 0 Å². The van der Waals surface area contributed by atoms with E-state index in [9.17, 15) is 4.79 Å². The topological polar surface area (TPSA) is 79.4 Å². The molecule has 1 aromatic carbocycles. The van der Waals surface area contributed by atoms with E-state index in [1.807, 2.05) is 32.0 Å². The van der Waals surface area contributed by atoms with E-state index >= 15 is 0 Å². The highest BCUT2D eigenvalue weighted by molar-refractivity contribution is 6.31. The minimum absolute atomic E-state index is 0.201. The minimum atomic E-state index is -0.201. The standard InChI is InChI=1S/C17H22ClN5O2/c1-11-7-14(15(25-4)8-13(11)18)22-17-20-9-12(10-21-17)16(24)19-5-6-23(2)3/h7-10H,5-6H2,1-4H3,(H,19,24)(H,20,21,22). The van der Waals surface area contributed by atoms with E-state index in [1.54, 1.807) is 13.2 Å². The largest absolute Gasteiger partial charge is 0.495 e. The summed E-state index contributed by atoms with van der Waals surface area (Å²) in [6.07, 6.45) is 2.96. The molecule has 0 bridgehead atoms. The zero-order chi connectivity index (χ0) is 18.4.